The quantitative estimate of drug-likeness (QED) is 0.869. The summed E-state index contributed by atoms with van der Waals surface area (Å²) in [6.07, 6.45) is 0.932. The molecule has 6 heteroatoms. The molecule has 5 nitrogen and oxygen atoms in total. The van der Waals surface area contributed by atoms with E-state index in [1.54, 1.807) is 18.0 Å². The fourth-order valence-electron chi connectivity index (χ4n) is 2.54. The molecule has 2 amide bonds. The first-order valence-electron chi connectivity index (χ1n) is 7.44. The third-order valence-corrected chi connectivity index (χ3v) is 3.96. The van der Waals surface area contributed by atoms with Crippen LogP contribution in [0.2, 0.25) is 5.02 Å². The number of nitrogens with one attached hydrogen (secondary N) is 1. The van der Waals surface area contributed by atoms with Gasteiger partial charge in [0.1, 0.15) is 5.75 Å². The standard InChI is InChI=1S/C16H21ClN2O3/c1-3-22-14-5-4-13(17)8-11(14)6-7-18-16(21)12-9-15(20)19(2)10-12/h4-5,8,12H,3,6-7,9-10H2,1-2H3,(H,18,21)/t12-/m0/s1. The Bertz CT molecular complexity index is 562. The van der Waals surface area contributed by atoms with Crippen molar-refractivity contribution in [1.82, 2.24) is 10.2 Å². The van der Waals surface area contributed by atoms with Crippen LogP contribution in [0, 0.1) is 5.92 Å². The first-order chi connectivity index (χ1) is 10.5. The van der Waals surface area contributed by atoms with E-state index in [1.807, 2.05) is 19.1 Å². The number of carbonyl (C=O) groups is 2. The Labute approximate surface area is 135 Å². The van der Waals surface area contributed by atoms with Gasteiger partial charge in [-0.1, -0.05) is 11.6 Å². The summed E-state index contributed by atoms with van der Waals surface area (Å²) in [5.74, 6) is 0.492. The summed E-state index contributed by atoms with van der Waals surface area (Å²) >= 11 is 6.01. The zero-order valence-electron chi connectivity index (χ0n) is 12.9. The van der Waals surface area contributed by atoms with Crippen molar-refractivity contribution in [3.05, 3.63) is 28.8 Å². The van der Waals surface area contributed by atoms with E-state index in [4.69, 9.17) is 16.3 Å². The summed E-state index contributed by atoms with van der Waals surface area (Å²) in [5.41, 5.74) is 0.967. The van der Waals surface area contributed by atoms with Crippen LogP contribution in [0.3, 0.4) is 0 Å². The van der Waals surface area contributed by atoms with Gasteiger partial charge in [-0.3, -0.25) is 9.59 Å². The summed E-state index contributed by atoms with van der Waals surface area (Å²) in [6.45, 7) is 3.49. The van der Waals surface area contributed by atoms with Gasteiger partial charge in [-0.15, -0.1) is 0 Å². The highest BCUT2D eigenvalue weighted by Crippen LogP contribution is 2.23. The normalized spacial score (nSPS) is 17.7. The molecule has 1 heterocycles. The van der Waals surface area contributed by atoms with Gasteiger partial charge in [0.15, 0.2) is 0 Å². The number of hydrogen-bond acceptors (Lipinski definition) is 3. The molecule has 0 aliphatic carbocycles. The Morgan fingerprint density at radius 2 is 2.27 bits per heavy atom. The number of halogens is 1. The van der Waals surface area contributed by atoms with Gasteiger partial charge in [0, 0.05) is 31.6 Å². The summed E-state index contributed by atoms with van der Waals surface area (Å²) in [6, 6.07) is 5.48. The van der Waals surface area contributed by atoms with Crippen LogP contribution in [-0.2, 0) is 16.0 Å². The Kier molecular flexibility index (Phi) is 5.66. The number of rotatable bonds is 6. The summed E-state index contributed by atoms with van der Waals surface area (Å²) < 4.78 is 5.55. The van der Waals surface area contributed by atoms with E-state index in [9.17, 15) is 9.59 Å². The minimum absolute atomic E-state index is 0.0219. The van der Waals surface area contributed by atoms with Crippen LogP contribution >= 0.6 is 11.6 Å². The fraction of sp³-hybridized carbons (Fsp3) is 0.500. The van der Waals surface area contributed by atoms with Crippen molar-refractivity contribution < 1.29 is 14.3 Å². The van der Waals surface area contributed by atoms with Crippen LogP contribution in [0.4, 0.5) is 0 Å². The highest BCUT2D eigenvalue weighted by molar-refractivity contribution is 6.30. The maximum atomic E-state index is 12.1. The van der Waals surface area contributed by atoms with Crippen LogP contribution in [0.15, 0.2) is 18.2 Å². The number of carbonyl (C=O) groups excluding carboxylic acids is 2. The molecule has 0 unspecified atom stereocenters. The smallest absolute Gasteiger partial charge is 0.225 e. The van der Waals surface area contributed by atoms with Gasteiger partial charge in [-0.25, -0.2) is 0 Å². The van der Waals surface area contributed by atoms with E-state index in [0.29, 0.717) is 37.6 Å². The Morgan fingerprint density at radius 1 is 1.50 bits per heavy atom. The molecule has 0 spiro atoms. The first-order valence-corrected chi connectivity index (χ1v) is 7.82. The molecule has 120 valence electrons. The Hall–Kier alpha value is -1.75. The monoisotopic (exact) mass is 324 g/mol. The molecule has 1 aliphatic rings. The van der Waals surface area contributed by atoms with Crippen molar-refractivity contribution >= 4 is 23.4 Å². The van der Waals surface area contributed by atoms with Crippen LogP contribution in [0.5, 0.6) is 5.75 Å². The zero-order chi connectivity index (χ0) is 16.1. The SMILES string of the molecule is CCOc1ccc(Cl)cc1CCNC(=O)[C@H]1CC(=O)N(C)C1. The maximum Gasteiger partial charge on any atom is 0.225 e. The molecule has 1 aromatic carbocycles. The molecule has 1 atom stereocenters. The highest BCUT2D eigenvalue weighted by Gasteiger charge is 2.31. The van der Waals surface area contributed by atoms with E-state index in [2.05, 4.69) is 5.32 Å². The molecule has 0 bridgehead atoms. The van der Waals surface area contributed by atoms with Gasteiger partial charge in [0.2, 0.25) is 11.8 Å². The van der Waals surface area contributed by atoms with E-state index < -0.39 is 0 Å². The second-order valence-corrected chi connectivity index (χ2v) is 5.84. The van der Waals surface area contributed by atoms with Crippen molar-refractivity contribution in [2.45, 2.75) is 19.8 Å². The molecule has 2 rings (SSSR count). The minimum atomic E-state index is -0.247. The van der Waals surface area contributed by atoms with Gasteiger partial charge >= 0.3 is 0 Å². The summed E-state index contributed by atoms with van der Waals surface area (Å²) in [7, 11) is 1.72. The van der Waals surface area contributed by atoms with Crippen molar-refractivity contribution in [2.75, 3.05) is 26.7 Å². The lowest BCUT2D eigenvalue weighted by Crippen LogP contribution is -2.33. The first kappa shape index (κ1) is 16.6. The third kappa shape index (κ3) is 4.13. The van der Waals surface area contributed by atoms with Crippen molar-refractivity contribution in [1.29, 1.82) is 0 Å². The van der Waals surface area contributed by atoms with Gasteiger partial charge in [-0.2, -0.15) is 0 Å². The third-order valence-electron chi connectivity index (χ3n) is 3.73. The van der Waals surface area contributed by atoms with Crippen LogP contribution < -0.4 is 10.1 Å². The van der Waals surface area contributed by atoms with Gasteiger partial charge in [-0.05, 0) is 37.1 Å². The lowest BCUT2D eigenvalue weighted by atomic mass is 10.1. The molecule has 0 radical (unpaired) electrons. The molecule has 1 aliphatic heterocycles. The lowest BCUT2D eigenvalue weighted by Gasteiger charge is -2.13. The van der Waals surface area contributed by atoms with Crippen LogP contribution in [-0.4, -0.2) is 43.5 Å². The molecular formula is C16H21ClN2O3. The fourth-order valence-corrected chi connectivity index (χ4v) is 2.74. The number of benzene rings is 1. The molecule has 22 heavy (non-hydrogen) atoms. The van der Waals surface area contributed by atoms with E-state index in [0.717, 1.165) is 11.3 Å². The Balaban J connectivity index is 1.87. The minimum Gasteiger partial charge on any atom is -0.494 e. The van der Waals surface area contributed by atoms with Crippen molar-refractivity contribution in [3.8, 4) is 5.75 Å². The van der Waals surface area contributed by atoms with Crippen molar-refractivity contribution in [2.24, 2.45) is 5.92 Å². The molecule has 1 fully saturated rings. The van der Waals surface area contributed by atoms with Crippen LogP contribution in [0.25, 0.3) is 0 Å². The number of nitrogens with zero attached hydrogens (tertiary/aromatic N) is 1. The summed E-state index contributed by atoms with van der Waals surface area (Å²) in [4.78, 5) is 25.1. The van der Waals surface area contributed by atoms with Gasteiger partial charge in [0.25, 0.3) is 0 Å². The maximum absolute atomic E-state index is 12.1. The molecule has 0 aromatic heterocycles. The molecule has 1 aromatic rings. The lowest BCUT2D eigenvalue weighted by molar-refractivity contribution is -0.128. The topological polar surface area (TPSA) is 58.6 Å². The van der Waals surface area contributed by atoms with Gasteiger partial charge < -0.3 is 15.0 Å². The average Bonchev–Trinajstić information content (AvgIpc) is 2.81. The van der Waals surface area contributed by atoms with E-state index in [1.165, 1.54) is 0 Å². The largest absolute Gasteiger partial charge is 0.494 e. The number of amides is 2. The van der Waals surface area contributed by atoms with Gasteiger partial charge in [0.05, 0.1) is 12.5 Å². The highest BCUT2D eigenvalue weighted by atomic mass is 35.5. The van der Waals surface area contributed by atoms with Crippen LogP contribution in [0.1, 0.15) is 18.9 Å². The molecule has 1 N–H and O–H groups in total. The molecular weight excluding hydrogens is 304 g/mol. The van der Waals surface area contributed by atoms with E-state index >= 15 is 0 Å². The van der Waals surface area contributed by atoms with Crippen molar-refractivity contribution in [3.63, 3.8) is 0 Å². The Morgan fingerprint density at radius 3 is 2.91 bits per heavy atom. The predicted octanol–water partition coefficient (Wildman–Crippen LogP) is 1.88. The molecule has 1 saturated heterocycles. The number of ether oxygens (including phenoxy) is 1. The number of hydrogen-bond donors (Lipinski definition) is 1. The predicted molar refractivity (Wildman–Crippen MR) is 85.1 cm³/mol. The summed E-state index contributed by atoms with van der Waals surface area (Å²) in [5, 5.41) is 3.53. The second-order valence-electron chi connectivity index (χ2n) is 5.40. The zero-order valence-corrected chi connectivity index (χ0v) is 13.7. The second kappa shape index (κ2) is 7.49. The molecule has 0 saturated carbocycles. The number of likely N-dealkylation sites (tertiary alicyclic amines) is 1. The van der Waals surface area contributed by atoms with E-state index in [-0.39, 0.29) is 17.7 Å². The average molecular weight is 325 g/mol.